The van der Waals surface area contributed by atoms with Crippen LogP contribution in [-0.2, 0) is 6.42 Å². The lowest BCUT2D eigenvalue weighted by atomic mass is 10.0. The van der Waals surface area contributed by atoms with E-state index in [0.29, 0.717) is 10.9 Å². The van der Waals surface area contributed by atoms with E-state index in [9.17, 15) is 8.78 Å². The average Bonchev–Trinajstić information content (AvgIpc) is 2.84. The van der Waals surface area contributed by atoms with E-state index < -0.39 is 12.4 Å². The number of fused-ring (bicyclic) bond motifs is 1. The molecule has 0 saturated heterocycles. The molecule has 0 amide bonds. The zero-order valence-electron chi connectivity index (χ0n) is 18.5. The summed E-state index contributed by atoms with van der Waals surface area (Å²) in [7, 11) is 0. The molecule has 4 heteroatoms. The molecule has 0 N–H and O–H groups in total. The Morgan fingerprint density at radius 2 is 1.35 bits per heavy atom. The number of ether oxygens (including phenoxy) is 1. The summed E-state index contributed by atoms with van der Waals surface area (Å²) in [5.74, 6) is 11.6. The van der Waals surface area contributed by atoms with Gasteiger partial charge in [-0.2, -0.15) is 8.78 Å². The molecule has 0 aliphatic rings. The van der Waals surface area contributed by atoms with Crippen LogP contribution in [0.5, 0.6) is 5.75 Å². The first-order valence-electron chi connectivity index (χ1n) is 10.9. The number of benzene rings is 4. The maximum atomic E-state index is 15.0. The second-order valence-corrected chi connectivity index (χ2v) is 7.71. The summed E-state index contributed by atoms with van der Waals surface area (Å²) in [6.07, 6.45) is 2.16. The van der Waals surface area contributed by atoms with Crippen molar-refractivity contribution in [2.45, 2.75) is 26.4 Å². The van der Waals surface area contributed by atoms with Crippen molar-refractivity contribution in [2.24, 2.45) is 0 Å². The average molecular weight is 454 g/mol. The third-order valence-electron chi connectivity index (χ3n) is 5.22. The molecular formula is C30H21F3O. The molecule has 4 aromatic carbocycles. The fraction of sp³-hybridized carbons (Fsp3) is 0.133. The number of rotatable bonds is 4. The Hall–Kier alpha value is -4.15. The summed E-state index contributed by atoms with van der Waals surface area (Å²) in [5.41, 5.74) is 3.85. The molecule has 0 spiro atoms. The van der Waals surface area contributed by atoms with Crippen molar-refractivity contribution in [3.8, 4) is 29.4 Å². The van der Waals surface area contributed by atoms with Crippen LogP contribution in [0.15, 0.2) is 78.9 Å². The summed E-state index contributed by atoms with van der Waals surface area (Å²) >= 11 is 0. The molecule has 168 valence electrons. The van der Waals surface area contributed by atoms with E-state index in [2.05, 4.69) is 47.5 Å². The molecule has 0 atom stereocenters. The van der Waals surface area contributed by atoms with Crippen molar-refractivity contribution in [3.05, 3.63) is 112 Å². The van der Waals surface area contributed by atoms with Gasteiger partial charge in [0.2, 0.25) is 0 Å². The topological polar surface area (TPSA) is 9.23 Å². The zero-order chi connectivity index (χ0) is 23.9. The molecular weight excluding hydrogens is 433 g/mol. The Kier molecular flexibility index (Phi) is 7.21. The molecule has 1 nitrogen and oxygen atoms in total. The lowest BCUT2D eigenvalue weighted by molar-refractivity contribution is -0.0498. The second-order valence-electron chi connectivity index (χ2n) is 7.71. The van der Waals surface area contributed by atoms with E-state index in [4.69, 9.17) is 0 Å². The van der Waals surface area contributed by atoms with E-state index in [1.807, 2.05) is 24.3 Å². The number of alkyl halides is 2. The highest BCUT2D eigenvalue weighted by Crippen LogP contribution is 2.22. The summed E-state index contributed by atoms with van der Waals surface area (Å²) in [6.45, 7) is -0.728. The first-order valence-corrected chi connectivity index (χ1v) is 10.9. The third-order valence-corrected chi connectivity index (χ3v) is 5.22. The van der Waals surface area contributed by atoms with Gasteiger partial charge in [-0.25, -0.2) is 4.39 Å². The highest BCUT2D eigenvalue weighted by Gasteiger charge is 2.07. The minimum atomic E-state index is -2.88. The fourth-order valence-corrected chi connectivity index (χ4v) is 3.51. The number of aryl methyl sites for hydroxylation is 1. The Bertz CT molecular complexity index is 1410. The van der Waals surface area contributed by atoms with Crippen molar-refractivity contribution in [1.82, 2.24) is 0 Å². The van der Waals surface area contributed by atoms with Gasteiger partial charge < -0.3 is 4.74 Å². The molecule has 0 saturated carbocycles. The van der Waals surface area contributed by atoms with Gasteiger partial charge in [0.1, 0.15) is 11.6 Å². The Morgan fingerprint density at radius 1 is 0.735 bits per heavy atom. The summed E-state index contributed by atoms with van der Waals surface area (Å²) in [5, 5.41) is 1.20. The van der Waals surface area contributed by atoms with Crippen LogP contribution in [0.2, 0.25) is 0 Å². The molecule has 0 bridgehead atoms. The summed E-state index contributed by atoms with van der Waals surface area (Å²) in [4.78, 5) is 0. The van der Waals surface area contributed by atoms with Gasteiger partial charge in [0.05, 0.1) is 5.56 Å². The molecule has 4 rings (SSSR count). The van der Waals surface area contributed by atoms with Gasteiger partial charge in [0.25, 0.3) is 0 Å². The Morgan fingerprint density at radius 3 is 2.03 bits per heavy atom. The number of hydrogen-bond acceptors (Lipinski definition) is 1. The first kappa shape index (κ1) is 23.0. The van der Waals surface area contributed by atoms with Gasteiger partial charge in [-0.15, -0.1) is 0 Å². The third kappa shape index (κ3) is 5.80. The zero-order valence-corrected chi connectivity index (χ0v) is 18.5. The first-order chi connectivity index (χ1) is 16.5. The van der Waals surface area contributed by atoms with Gasteiger partial charge in [-0.05, 0) is 72.0 Å². The van der Waals surface area contributed by atoms with Gasteiger partial charge in [-0.3, -0.25) is 0 Å². The second kappa shape index (κ2) is 10.6. The van der Waals surface area contributed by atoms with Crippen LogP contribution in [0.25, 0.3) is 10.8 Å². The maximum absolute atomic E-state index is 15.0. The molecule has 0 aliphatic heterocycles. The van der Waals surface area contributed by atoms with E-state index in [1.54, 1.807) is 30.3 Å². The van der Waals surface area contributed by atoms with Gasteiger partial charge in [0.15, 0.2) is 0 Å². The van der Waals surface area contributed by atoms with Gasteiger partial charge in [0, 0.05) is 22.1 Å². The van der Waals surface area contributed by atoms with Gasteiger partial charge in [-0.1, -0.05) is 61.3 Å². The lowest BCUT2D eigenvalue weighted by Crippen LogP contribution is -2.01. The van der Waals surface area contributed by atoms with Crippen LogP contribution < -0.4 is 4.74 Å². The quantitative estimate of drug-likeness (QED) is 0.293. The lowest BCUT2D eigenvalue weighted by Gasteiger charge is -2.03. The van der Waals surface area contributed by atoms with E-state index in [1.165, 1.54) is 17.7 Å². The van der Waals surface area contributed by atoms with Crippen LogP contribution in [-0.4, -0.2) is 6.61 Å². The van der Waals surface area contributed by atoms with Crippen molar-refractivity contribution in [3.63, 3.8) is 0 Å². The van der Waals surface area contributed by atoms with Crippen molar-refractivity contribution in [1.29, 1.82) is 0 Å². The summed E-state index contributed by atoms with van der Waals surface area (Å²) < 4.78 is 43.8. The molecule has 0 fully saturated rings. The highest BCUT2D eigenvalue weighted by molar-refractivity contribution is 5.86. The summed E-state index contributed by atoms with van der Waals surface area (Å²) in [6, 6.07) is 22.9. The molecule has 0 aliphatic carbocycles. The molecule has 34 heavy (non-hydrogen) atoms. The number of halogens is 3. The van der Waals surface area contributed by atoms with Crippen LogP contribution in [0.3, 0.4) is 0 Å². The van der Waals surface area contributed by atoms with Crippen molar-refractivity contribution >= 4 is 10.8 Å². The predicted octanol–water partition coefficient (Wildman–Crippen LogP) is 7.33. The standard InChI is InChI=1S/C30H21F3O/c1-2-3-21-4-6-22(7-5-21)8-9-24-13-19-28-26(20-24)16-15-25(29(28)31)14-10-23-11-17-27(18-12-23)34-30(32)33/h4-7,11-13,15-20,30H,2-3H2,1H3. The minimum absolute atomic E-state index is 0.0462. The van der Waals surface area contributed by atoms with Crippen molar-refractivity contribution in [2.75, 3.05) is 0 Å². The monoisotopic (exact) mass is 454 g/mol. The van der Waals surface area contributed by atoms with Crippen molar-refractivity contribution < 1.29 is 17.9 Å². The molecule has 0 heterocycles. The molecule has 4 aromatic rings. The fourth-order valence-electron chi connectivity index (χ4n) is 3.51. The van der Waals surface area contributed by atoms with Crippen LogP contribution in [0, 0.1) is 29.5 Å². The number of hydrogen-bond donors (Lipinski definition) is 0. The minimum Gasteiger partial charge on any atom is -0.435 e. The maximum Gasteiger partial charge on any atom is 0.387 e. The van der Waals surface area contributed by atoms with E-state index in [0.717, 1.165) is 29.4 Å². The van der Waals surface area contributed by atoms with E-state index >= 15 is 4.39 Å². The smallest absolute Gasteiger partial charge is 0.387 e. The van der Waals surface area contributed by atoms with Crippen LogP contribution in [0.1, 0.15) is 41.2 Å². The SMILES string of the molecule is CCCc1ccc(C#Cc2ccc3c(F)c(C#Cc4ccc(OC(F)F)cc4)ccc3c2)cc1. The van der Waals surface area contributed by atoms with E-state index in [-0.39, 0.29) is 11.3 Å². The van der Waals surface area contributed by atoms with Crippen LogP contribution in [0.4, 0.5) is 13.2 Å². The molecule has 0 aromatic heterocycles. The predicted molar refractivity (Wildman–Crippen MR) is 129 cm³/mol. The Labute approximate surface area is 197 Å². The normalized spacial score (nSPS) is 10.4. The molecule has 0 radical (unpaired) electrons. The van der Waals surface area contributed by atoms with Gasteiger partial charge >= 0.3 is 6.61 Å². The van der Waals surface area contributed by atoms with Crippen LogP contribution >= 0.6 is 0 Å². The highest BCUT2D eigenvalue weighted by atomic mass is 19.3. The molecule has 0 unspecified atom stereocenters. The largest absolute Gasteiger partial charge is 0.435 e. The Balaban J connectivity index is 1.53.